The fraction of sp³-hybridized carbons (Fsp3) is 0.714. The van der Waals surface area contributed by atoms with Crippen molar-refractivity contribution in [3.05, 3.63) is 0 Å². The molecule has 3 nitrogen and oxygen atoms in total. The minimum absolute atomic E-state index is 0.194. The molecule has 0 aliphatic carbocycles. The molecule has 0 saturated carbocycles. The largest absolute Gasteiger partial charge is 0.291 e. The first-order valence-corrected chi connectivity index (χ1v) is 4.77. The Kier molecular flexibility index (Phi) is 1.64. The number of amides is 1. The summed E-state index contributed by atoms with van der Waals surface area (Å²) in [6.45, 7) is 2.84. The number of carbonyl (C=O) groups excluding carboxylic acids is 1. The summed E-state index contributed by atoms with van der Waals surface area (Å²) in [6, 6.07) is 0.194. The van der Waals surface area contributed by atoms with Crippen LogP contribution in [0.4, 0.5) is 0 Å². The molecule has 1 saturated heterocycles. The summed E-state index contributed by atoms with van der Waals surface area (Å²) in [6.07, 6.45) is 0.587. The highest BCUT2D eigenvalue weighted by Gasteiger charge is 2.30. The van der Waals surface area contributed by atoms with Crippen LogP contribution in [-0.4, -0.2) is 34.3 Å². The van der Waals surface area contributed by atoms with Gasteiger partial charge in [-0.25, -0.2) is 0 Å². The van der Waals surface area contributed by atoms with Crippen molar-refractivity contribution in [1.29, 1.82) is 0 Å². The number of carbonyl (C=O) groups is 1. The Balaban J connectivity index is 2.27. The highest BCUT2D eigenvalue weighted by atomic mass is 32.2. The first-order valence-electron chi connectivity index (χ1n) is 3.78. The van der Waals surface area contributed by atoms with Crippen molar-refractivity contribution in [2.24, 2.45) is 4.99 Å². The second-order valence-electron chi connectivity index (χ2n) is 2.86. The van der Waals surface area contributed by atoms with Gasteiger partial charge in [0.05, 0.1) is 6.04 Å². The first kappa shape index (κ1) is 7.16. The topological polar surface area (TPSA) is 32.7 Å². The smallest absolute Gasteiger partial charge is 0.230 e. The predicted molar refractivity (Wildman–Crippen MR) is 45.7 cm³/mol. The van der Waals surface area contributed by atoms with Crippen LogP contribution in [-0.2, 0) is 4.79 Å². The Morgan fingerprint density at radius 1 is 1.73 bits per heavy atom. The number of thioether (sulfide) groups is 1. The van der Waals surface area contributed by atoms with Crippen LogP contribution in [0.25, 0.3) is 0 Å². The summed E-state index contributed by atoms with van der Waals surface area (Å²) < 4.78 is 0. The van der Waals surface area contributed by atoms with Crippen molar-refractivity contribution in [3.8, 4) is 0 Å². The fourth-order valence-corrected chi connectivity index (χ4v) is 2.40. The van der Waals surface area contributed by atoms with Gasteiger partial charge in [-0.15, -0.1) is 0 Å². The molecule has 11 heavy (non-hydrogen) atoms. The van der Waals surface area contributed by atoms with Gasteiger partial charge in [-0.3, -0.25) is 14.7 Å². The Hall–Kier alpha value is -0.510. The van der Waals surface area contributed by atoms with E-state index in [1.807, 2.05) is 6.92 Å². The molecule has 0 bridgehead atoms. The number of fused-ring (bicyclic) bond motifs is 1. The molecular formula is C7H10N2OS. The van der Waals surface area contributed by atoms with E-state index in [1.165, 1.54) is 0 Å². The van der Waals surface area contributed by atoms with Crippen LogP contribution in [0.2, 0.25) is 0 Å². The highest BCUT2D eigenvalue weighted by Crippen LogP contribution is 2.24. The minimum atomic E-state index is 0.194. The van der Waals surface area contributed by atoms with Gasteiger partial charge < -0.3 is 0 Å². The second-order valence-corrected chi connectivity index (χ2v) is 3.92. The minimum Gasteiger partial charge on any atom is -0.291 e. The molecule has 0 aromatic heterocycles. The van der Waals surface area contributed by atoms with E-state index < -0.39 is 0 Å². The molecule has 2 heterocycles. The van der Waals surface area contributed by atoms with E-state index in [-0.39, 0.29) is 11.9 Å². The van der Waals surface area contributed by atoms with Crippen LogP contribution < -0.4 is 0 Å². The normalized spacial score (nSPS) is 30.3. The lowest BCUT2D eigenvalue weighted by Crippen LogP contribution is -2.37. The van der Waals surface area contributed by atoms with Gasteiger partial charge in [0.15, 0.2) is 5.17 Å². The zero-order chi connectivity index (χ0) is 7.84. The van der Waals surface area contributed by atoms with Crippen LogP contribution in [0, 0.1) is 0 Å². The van der Waals surface area contributed by atoms with E-state index >= 15 is 0 Å². The molecule has 4 heteroatoms. The van der Waals surface area contributed by atoms with Crippen molar-refractivity contribution in [2.75, 3.05) is 12.3 Å². The van der Waals surface area contributed by atoms with Crippen molar-refractivity contribution < 1.29 is 4.79 Å². The molecule has 1 unspecified atom stereocenters. The molecule has 0 N–H and O–H groups in total. The van der Waals surface area contributed by atoms with Gasteiger partial charge in [-0.1, -0.05) is 11.8 Å². The number of hydrogen-bond acceptors (Lipinski definition) is 3. The third-order valence-electron chi connectivity index (χ3n) is 1.88. The lowest BCUT2D eigenvalue weighted by molar-refractivity contribution is -0.127. The van der Waals surface area contributed by atoms with Crippen molar-refractivity contribution >= 4 is 22.8 Å². The van der Waals surface area contributed by atoms with Crippen LogP contribution in [0.1, 0.15) is 13.3 Å². The molecule has 2 aliphatic rings. The average molecular weight is 170 g/mol. The average Bonchev–Trinajstić information content (AvgIpc) is 2.34. The molecule has 0 aromatic rings. The number of rotatable bonds is 0. The van der Waals surface area contributed by atoms with Gasteiger partial charge in [-0.05, 0) is 6.92 Å². The number of nitrogens with zero attached hydrogens (tertiary/aromatic N) is 2. The lowest BCUT2D eigenvalue weighted by Gasteiger charge is -2.22. The second kappa shape index (κ2) is 2.52. The molecular weight excluding hydrogens is 160 g/mol. The predicted octanol–water partition coefficient (Wildman–Crippen LogP) is 0.710. The van der Waals surface area contributed by atoms with Gasteiger partial charge in [0.1, 0.15) is 0 Å². The summed E-state index contributed by atoms with van der Waals surface area (Å²) in [7, 11) is 0. The summed E-state index contributed by atoms with van der Waals surface area (Å²) in [4.78, 5) is 17.5. The summed E-state index contributed by atoms with van der Waals surface area (Å²) in [5.74, 6) is 1.25. The Morgan fingerprint density at radius 2 is 2.55 bits per heavy atom. The summed E-state index contributed by atoms with van der Waals surface area (Å²) in [5.41, 5.74) is 0. The van der Waals surface area contributed by atoms with E-state index in [0.29, 0.717) is 6.42 Å². The summed E-state index contributed by atoms with van der Waals surface area (Å²) in [5, 5.41) is 0.939. The van der Waals surface area contributed by atoms with Crippen LogP contribution in [0.5, 0.6) is 0 Å². The van der Waals surface area contributed by atoms with E-state index in [9.17, 15) is 4.79 Å². The molecule has 1 fully saturated rings. The SMILES string of the molecule is CC1CC(=O)N2CCSC2=N1. The van der Waals surface area contributed by atoms with Crippen LogP contribution in [0.15, 0.2) is 4.99 Å². The zero-order valence-electron chi connectivity index (χ0n) is 6.41. The van der Waals surface area contributed by atoms with E-state index in [0.717, 1.165) is 17.5 Å². The zero-order valence-corrected chi connectivity index (χ0v) is 7.23. The number of amidine groups is 1. The van der Waals surface area contributed by atoms with Crippen LogP contribution in [0.3, 0.4) is 0 Å². The molecule has 0 spiro atoms. The maximum atomic E-state index is 11.3. The maximum Gasteiger partial charge on any atom is 0.230 e. The Bertz CT molecular complexity index is 226. The molecule has 0 radical (unpaired) electrons. The van der Waals surface area contributed by atoms with Crippen LogP contribution >= 0.6 is 11.8 Å². The van der Waals surface area contributed by atoms with E-state index in [4.69, 9.17) is 0 Å². The van der Waals surface area contributed by atoms with Gasteiger partial charge in [-0.2, -0.15) is 0 Å². The Labute approximate surface area is 69.9 Å². The molecule has 1 atom stereocenters. The molecule has 0 aromatic carbocycles. The monoisotopic (exact) mass is 170 g/mol. The molecule has 2 aliphatic heterocycles. The first-order chi connectivity index (χ1) is 5.27. The van der Waals surface area contributed by atoms with Gasteiger partial charge in [0.2, 0.25) is 5.91 Å². The number of aliphatic imine (C=N–C) groups is 1. The Morgan fingerprint density at radius 3 is 3.36 bits per heavy atom. The fourth-order valence-electron chi connectivity index (χ4n) is 1.34. The summed E-state index contributed by atoms with van der Waals surface area (Å²) >= 11 is 1.69. The highest BCUT2D eigenvalue weighted by molar-refractivity contribution is 8.14. The third-order valence-corrected chi connectivity index (χ3v) is 2.85. The lowest BCUT2D eigenvalue weighted by atomic mass is 10.2. The third kappa shape index (κ3) is 1.15. The molecule has 2 rings (SSSR count). The molecule has 60 valence electrons. The van der Waals surface area contributed by atoms with Gasteiger partial charge in [0.25, 0.3) is 0 Å². The van der Waals surface area contributed by atoms with E-state index in [1.54, 1.807) is 16.7 Å². The standard InChI is InChI=1S/C7H10N2OS/c1-5-4-6(10)9-2-3-11-7(9)8-5/h5H,2-4H2,1H3. The van der Waals surface area contributed by atoms with Gasteiger partial charge >= 0.3 is 0 Å². The van der Waals surface area contributed by atoms with Crippen molar-refractivity contribution in [2.45, 2.75) is 19.4 Å². The van der Waals surface area contributed by atoms with E-state index in [2.05, 4.69) is 4.99 Å². The van der Waals surface area contributed by atoms with Crippen molar-refractivity contribution in [1.82, 2.24) is 4.90 Å². The van der Waals surface area contributed by atoms with Crippen molar-refractivity contribution in [3.63, 3.8) is 0 Å². The quantitative estimate of drug-likeness (QED) is 0.536. The molecule has 1 amide bonds. The number of hydrogen-bond donors (Lipinski definition) is 0. The van der Waals surface area contributed by atoms with Gasteiger partial charge in [0, 0.05) is 18.7 Å². The maximum absolute atomic E-state index is 11.3.